The lowest BCUT2D eigenvalue weighted by molar-refractivity contribution is 0.331. The molecule has 6 aromatic rings. The second-order valence-electron chi connectivity index (χ2n) is 9.20. The van der Waals surface area contributed by atoms with E-state index in [1.165, 1.54) is 12.8 Å². The molecule has 37 heavy (non-hydrogen) atoms. The first-order valence-electron chi connectivity index (χ1n) is 12.2. The van der Waals surface area contributed by atoms with Gasteiger partial charge in [-0.25, -0.2) is 9.37 Å². The average molecular weight is 492 g/mol. The minimum Gasteiger partial charge on any atom is -0.336 e. The van der Waals surface area contributed by atoms with Crippen LogP contribution in [0, 0.1) is 5.82 Å². The molecule has 1 aliphatic rings. The van der Waals surface area contributed by atoms with E-state index in [9.17, 15) is 0 Å². The van der Waals surface area contributed by atoms with Crippen molar-refractivity contribution in [2.24, 2.45) is 0 Å². The molecule has 0 amide bonds. The van der Waals surface area contributed by atoms with Crippen LogP contribution in [0.1, 0.15) is 18.4 Å². The van der Waals surface area contributed by atoms with Crippen molar-refractivity contribution in [2.45, 2.75) is 19.4 Å². The second kappa shape index (κ2) is 8.82. The minimum atomic E-state index is -0.468. The third-order valence-electron chi connectivity index (χ3n) is 6.75. The molecule has 0 atom stereocenters. The topological polar surface area (TPSA) is 112 Å². The first-order chi connectivity index (χ1) is 18.2. The normalized spacial score (nSPS) is 14.2. The lowest BCUT2D eigenvalue weighted by atomic mass is 10.1. The summed E-state index contributed by atoms with van der Waals surface area (Å²) in [5.74, 6) is -0.0340. The van der Waals surface area contributed by atoms with E-state index in [1.54, 1.807) is 24.8 Å². The molecule has 0 aromatic carbocycles. The van der Waals surface area contributed by atoms with E-state index >= 15 is 4.39 Å². The van der Waals surface area contributed by atoms with Crippen molar-refractivity contribution in [3.05, 3.63) is 72.7 Å². The Kier molecular flexibility index (Phi) is 5.17. The number of hydrogen-bond acceptors (Lipinski definition) is 7. The second-order valence-corrected chi connectivity index (χ2v) is 9.20. The zero-order chi connectivity index (χ0) is 24.8. The Balaban J connectivity index is 1.32. The quantitative estimate of drug-likeness (QED) is 0.358. The molecule has 0 unspecified atom stereocenters. The maximum absolute atomic E-state index is 16.0. The van der Waals surface area contributed by atoms with E-state index in [0.717, 1.165) is 30.7 Å². The first kappa shape index (κ1) is 21.7. The van der Waals surface area contributed by atoms with Gasteiger partial charge in [-0.3, -0.25) is 29.9 Å². The van der Waals surface area contributed by atoms with Crippen LogP contribution in [-0.2, 0) is 6.54 Å². The zero-order valence-corrected chi connectivity index (χ0v) is 19.8. The highest BCUT2D eigenvalue weighted by Gasteiger charge is 2.22. The number of halogens is 1. The molecule has 182 valence electrons. The number of fused-ring (bicyclic) bond motifs is 2. The fourth-order valence-electron chi connectivity index (χ4n) is 4.99. The number of H-pyrrole nitrogens is 2. The fraction of sp³-hybridized carbons (Fsp3) is 0.185. The predicted molar refractivity (Wildman–Crippen MR) is 138 cm³/mol. The summed E-state index contributed by atoms with van der Waals surface area (Å²) in [4.78, 5) is 28.1. The third-order valence-corrected chi connectivity index (χ3v) is 6.75. The molecule has 9 nitrogen and oxygen atoms in total. The van der Waals surface area contributed by atoms with E-state index < -0.39 is 5.82 Å². The molecule has 1 fully saturated rings. The van der Waals surface area contributed by atoms with Crippen molar-refractivity contribution < 1.29 is 4.39 Å². The minimum absolute atomic E-state index is 0.234. The Bertz CT molecular complexity index is 1740. The summed E-state index contributed by atoms with van der Waals surface area (Å²) in [5.41, 5.74) is 5.52. The Morgan fingerprint density at radius 3 is 2.68 bits per heavy atom. The van der Waals surface area contributed by atoms with Crippen LogP contribution < -0.4 is 0 Å². The Morgan fingerprint density at radius 1 is 0.892 bits per heavy atom. The largest absolute Gasteiger partial charge is 0.336 e. The number of hydrogen-bond donors (Lipinski definition) is 2. The van der Waals surface area contributed by atoms with Gasteiger partial charge in [0.15, 0.2) is 11.6 Å². The molecule has 1 aliphatic heterocycles. The number of rotatable bonds is 5. The highest BCUT2D eigenvalue weighted by Crippen LogP contribution is 2.33. The molecule has 1 saturated heterocycles. The van der Waals surface area contributed by atoms with Crippen LogP contribution in [0.5, 0.6) is 0 Å². The van der Waals surface area contributed by atoms with Gasteiger partial charge in [-0.15, -0.1) is 0 Å². The Hall–Kier alpha value is -4.57. The molecular formula is C27H22FN9. The van der Waals surface area contributed by atoms with E-state index in [4.69, 9.17) is 4.98 Å². The van der Waals surface area contributed by atoms with Crippen LogP contribution in [0.3, 0.4) is 0 Å². The van der Waals surface area contributed by atoms with Crippen molar-refractivity contribution in [2.75, 3.05) is 13.1 Å². The van der Waals surface area contributed by atoms with Gasteiger partial charge in [0, 0.05) is 36.9 Å². The maximum atomic E-state index is 16.0. The van der Waals surface area contributed by atoms with Gasteiger partial charge < -0.3 is 4.98 Å². The van der Waals surface area contributed by atoms with Crippen molar-refractivity contribution in [3.8, 4) is 34.2 Å². The van der Waals surface area contributed by atoms with Gasteiger partial charge in [0.2, 0.25) is 0 Å². The molecule has 7 rings (SSSR count). The van der Waals surface area contributed by atoms with Gasteiger partial charge in [-0.2, -0.15) is 5.10 Å². The number of nitrogens with zero attached hydrogens (tertiary/aromatic N) is 7. The lowest BCUT2D eigenvalue weighted by Crippen LogP contribution is -2.18. The third kappa shape index (κ3) is 3.82. The molecule has 7 heterocycles. The Labute approximate surface area is 210 Å². The predicted octanol–water partition coefficient (Wildman–Crippen LogP) is 4.76. The van der Waals surface area contributed by atoms with Crippen LogP contribution in [0.15, 0.2) is 61.3 Å². The van der Waals surface area contributed by atoms with Crippen LogP contribution in [0.2, 0.25) is 0 Å². The van der Waals surface area contributed by atoms with E-state index in [1.807, 2.05) is 36.5 Å². The van der Waals surface area contributed by atoms with E-state index in [0.29, 0.717) is 44.9 Å². The van der Waals surface area contributed by atoms with E-state index in [2.05, 4.69) is 40.0 Å². The zero-order valence-electron chi connectivity index (χ0n) is 19.8. The van der Waals surface area contributed by atoms with Gasteiger partial charge in [0.25, 0.3) is 0 Å². The summed E-state index contributed by atoms with van der Waals surface area (Å²) >= 11 is 0. The van der Waals surface area contributed by atoms with E-state index in [-0.39, 0.29) is 5.69 Å². The average Bonchev–Trinajstić information content (AvgIpc) is 3.69. The Morgan fingerprint density at radius 2 is 1.81 bits per heavy atom. The van der Waals surface area contributed by atoms with Crippen molar-refractivity contribution in [1.29, 1.82) is 0 Å². The number of aromatic nitrogens is 8. The number of likely N-dealkylation sites (tertiary alicyclic amines) is 1. The highest BCUT2D eigenvalue weighted by atomic mass is 19.1. The monoisotopic (exact) mass is 491 g/mol. The number of pyridine rings is 4. The number of imidazole rings is 1. The summed E-state index contributed by atoms with van der Waals surface area (Å²) in [6.07, 6.45) is 10.9. The summed E-state index contributed by atoms with van der Waals surface area (Å²) in [7, 11) is 0. The van der Waals surface area contributed by atoms with Gasteiger partial charge in [-0.05, 0) is 55.8 Å². The number of nitrogens with one attached hydrogen (secondary N) is 2. The SMILES string of the molecule is Fc1c(-c2cncc(CN3CCCC3)c2)ncc2[nH]nc(-c3nc4c(-c5ccccn5)nccc4[nH]3)c12. The standard InChI is InChI=1S/C27H22FN9/c28-22-21-20(14-32-23(22)17-11-16(12-29-13-17)15-37-9-3-4-10-37)35-36-26(21)27-33-19-6-8-31-24(25(19)34-27)18-5-1-2-7-30-18/h1-2,5-8,11-14H,3-4,9-10,15H2,(H,33,34)(H,35,36). The fourth-order valence-corrected chi connectivity index (χ4v) is 4.99. The molecule has 10 heteroatoms. The summed E-state index contributed by atoms with van der Waals surface area (Å²) < 4.78 is 16.0. The van der Waals surface area contributed by atoms with Gasteiger partial charge >= 0.3 is 0 Å². The van der Waals surface area contributed by atoms with Crippen LogP contribution in [0.4, 0.5) is 4.39 Å². The van der Waals surface area contributed by atoms with Crippen LogP contribution >= 0.6 is 0 Å². The molecular weight excluding hydrogens is 469 g/mol. The first-order valence-corrected chi connectivity index (χ1v) is 12.2. The van der Waals surface area contributed by atoms with Crippen LogP contribution in [0.25, 0.3) is 56.1 Å². The molecule has 0 spiro atoms. The smallest absolute Gasteiger partial charge is 0.161 e. The van der Waals surface area contributed by atoms with Crippen LogP contribution in [-0.4, -0.2) is 58.1 Å². The van der Waals surface area contributed by atoms with Gasteiger partial charge in [0.05, 0.1) is 28.3 Å². The lowest BCUT2D eigenvalue weighted by Gasteiger charge is -2.14. The highest BCUT2D eigenvalue weighted by molar-refractivity contribution is 5.97. The molecule has 0 radical (unpaired) electrons. The molecule has 2 N–H and O–H groups in total. The van der Waals surface area contributed by atoms with Gasteiger partial charge in [-0.1, -0.05) is 6.07 Å². The summed E-state index contributed by atoms with van der Waals surface area (Å²) in [6, 6.07) is 9.42. The summed E-state index contributed by atoms with van der Waals surface area (Å²) in [6.45, 7) is 2.96. The molecule has 0 saturated carbocycles. The van der Waals surface area contributed by atoms with Gasteiger partial charge in [0.1, 0.15) is 22.6 Å². The number of aromatic amines is 2. The van der Waals surface area contributed by atoms with Crippen molar-refractivity contribution in [1.82, 2.24) is 45.0 Å². The molecule has 0 bridgehead atoms. The van der Waals surface area contributed by atoms with Crippen molar-refractivity contribution in [3.63, 3.8) is 0 Å². The maximum Gasteiger partial charge on any atom is 0.161 e. The molecule has 6 aromatic heterocycles. The van der Waals surface area contributed by atoms with Crippen molar-refractivity contribution >= 4 is 21.9 Å². The summed E-state index contributed by atoms with van der Waals surface area (Å²) in [5, 5.41) is 7.60. The molecule has 0 aliphatic carbocycles.